The molecule has 1 heterocycles. The first kappa shape index (κ1) is 16.8. The first-order valence-corrected chi connectivity index (χ1v) is 8.07. The zero-order valence-electron chi connectivity index (χ0n) is 14.3. The predicted molar refractivity (Wildman–Crippen MR) is 96.2 cm³/mol. The van der Waals surface area contributed by atoms with Gasteiger partial charge in [-0.2, -0.15) is 0 Å². The number of aromatic nitrogens is 1. The Labute approximate surface area is 146 Å². The van der Waals surface area contributed by atoms with E-state index in [1.165, 1.54) is 5.56 Å². The Balaban J connectivity index is 1.55. The summed E-state index contributed by atoms with van der Waals surface area (Å²) in [5.41, 5.74) is 3.40. The largest absolute Gasteiger partial charge is 0.451 e. The van der Waals surface area contributed by atoms with Gasteiger partial charge in [-0.25, -0.2) is 4.79 Å². The molecule has 1 aromatic heterocycles. The van der Waals surface area contributed by atoms with E-state index < -0.39 is 5.97 Å². The minimum Gasteiger partial charge on any atom is -0.451 e. The maximum absolute atomic E-state index is 12.2. The van der Waals surface area contributed by atoms with Crippen molar-refractivity contribution in [1.82, 2.24) is 9.88 Å². The molecule has 5 nitrogen and oxygen atoms in total. The van der Waals surface area contributed by atoms with Crippen LogP contribution >= 0.6 is 0 Å². The van der Waals surface area contributed by atoms with Gasteiger partial charge >= 0.3 is 5.97 Å². The summed E-state index contributed by atoms with van der Waals surface area (Å²) in [7, 11) is 1.69. The molecule has 1 amide bonds. The van der Waals surface area contributed by atoms with Crippen molar-refractivity contribution in [3.63, 3.8) is 0 Å². The van der Waals surface area contributed by atoms with E-state index in [-0.39, 0.29) is 12.5 Å². The number of aromatic amines is 1. The molecule has 0 fully saturated rings. The molecule has 1 N–H and O–H groups in total. The smallest absolute Gasteiger partial charge is 0.355 e. The van der Waals surface area contributed by atoms with E-state index in [0.717, 1.165) is 16.5 Å². The van der Waals surface area contributed by atoms with E-state index in [4.69, 9.17) is 4.74 Å². The number of hydrogen-bond donors (Lipinski definition) is 1. The van der Waals surface area contributed by atoms with Crippen molar-refractivity contribution >= 4 is 22.8 Å². The number of esters is 1. The third kappa shape index (κ3) is 4.07. The first-order valence-electron chi connectivity index (χ1n) is 8.07. The van der Waals surface area contributed by atoms with Gasteiger partial charge in [0.2, 0.25) is 0 Å². The van der Waals surface area contributed by atoms with Crippen LogP contribution in [0.2, 0.25) is 0 Å². The number of rotatable bonds is 5. The second kappa shape index (κ2) is 7.21. The number of carbonyl (C=O) groups excluding carboxylic acids is 2. The van der Waals surface area contributed by atoms with Gasteiger partial charge in [0.05, 0.1) is 0 Å². The third-order valence-electron chi connectivity index (χ3n) is 4.04. The fourth-order valence-electron chi connectivity index (χ4n) is 2.55. The molecule has 0 unspecified atom stereocenters. The number of fused-ring (bicyclic) bond motifs is 1. The fourth-order valence-corrected chi connectivity index (χ4v) is 2.55. The van der Waals surface area contributed by atoms with Gasteiger partial charge in [0.1, 0.15) is 5.69 Å². The summed E-state index contributed by atoms with van der Waals surface area (Å²) in [5.74, 6) is -0.779. The van der Waals surface area contributed by atoms with Gasteiger partial charge in [0, 0.05) is 24.5 Å². The molecule has 0 spiro atoms. The lowest BCUT2D eigenvalue weighted by Gasteiger charge is -2.17. The molecule has 0 radical (unpaired) electrons. The van der Waals surface area contributed by atoms with Crippen LogP contribution < -0.4 is 0 Å². The number of carbonyl (C=O) groups is 2. The molecular formula is C20H20N2O3. The number of ether oxygens (including phenoxy) is 1. The average Bonchev–Trinajstić information content (AvgIpc) is 3.05. The summed E-state index contributed by atoms with van der Waals surface area (Å²) < 4.78 is 5.14. The predicted octanol–water partition coefficient (Wildman–Crippen LogP) is 3.29. The van der Waals surface area contributed by atoms with Crippen molar-refractivity contribution in [3.8, 4) is 0 Å². The Hall–Kier alpha value is -3.08. The highest BCUT2D eigenvalue weighted by atomic mass is 16.5. The zero-order valence-corrected chi connectivity index (χ0v) is 14.3. The number of hydrogen-bond acceptors (Lipinski definition) is 3. The third-order valence-corrected chi connectivity index (χ3v) is 4.04. The fraction of sp³-hybridized carbons (Fsp3) is 0.200. The van der Waals surface area contributed by atoms with Gasteiger partial charge in [0.25, 0.3) is 5.91 Å². The summed E-state index contributed by atoms with van der Waals surface area (Å²) in [6, 6.07) is 17.3. The highest BCUT2D eigenvalue weighted by Crippen LogP contribution is 2.15. The molecule has 2 aromatic carbocycles. The molecule has 25 heavy (non-hydrogen) atoms. The average molecular weight is 336 g/mol. The summed E-state index contributed by atoms with van der Waals surface area (Å²) in [4.78, 5) is 28.8. The van der Waals surface area contributed by atoms with Gasteiger partial charge < -0.3 is 14.6 Å². The van der Waals surface area contributed by atoms with Crippen molar-refractivity contribution in [1.29, 1.82) is 0 Å². The van der Waals surface area contributed by atoms with Crippen molar-refractivity contribution in [2.75, 3.05) is 13.7 Å². The van der Waals surface area contributed by atoms with Crippen LogP contribution in [0.5, 0.6) is 0 Å². The van der Waals surface area contributed by atoms with E-state index in [0.29, 0.717) is 12.2 Å². The Kier molecular flexibility index (Phi) is 4.84. The lowest BCUT2D eigenvalue weighted by molar-refractivity contribution is -0.133. The number of aryl methyl sites for hydroxylation is 1. The SMILES string of the molecule is Cc1ccc(CN(C)C(=O)COC(=O)c2cc3ccccc3[nH]2)cc1. The van der Waals surface area contributed by atoms with Gasteiger partial charge in [-0.1, -0.05) is 48.0 Å². The van der Waals surface area contributed by atoms with E-state index >= 15 is 0 Å². The first-order chi connectivity index (χ1) is 12.0. The van der Waals surface area contributed by atoms with Crippen LogP contribution in [0.3, 0.4) is 0 Å². The van der Waals surface area contributed by atoms with Crippen LogP contribution in [0.25, 0.3) is 10.9 Å². The van der Waals surface area contributed by atoms with Crippen LogP contribution in [0.4, 0.5) is 0 Å². The summed E-state index contributed by atoms with van der Waals surface area (Å²) in [6.07, 6.45) is 0. The zero-order chi connectivity index (χ0) is 17.8. The van der Waals surface area contributed by atoms with Crippen molar-refractivity contribution in [3.05, 3.63) is 71.4 Å². The highest BCUT2D eigenvalue weighted by Gasteiger charge is 2.15. The molecule has 0 atom stereocenters. The quantitative estimate of drug-likeness (QED) is 0.727. The molecule has 0 aliphatic heterocycles. The monoisotopic (exact) mass is 336 g/mol. The lowest BCUT2D eigenvalue weighted by Crippen LogP contribution is -2.30. The maximum atomic E-state index is 12.2. The normalized spacial score (nSPS) is 10.6. The number of nitrogens with one attached hydrogen (secondary N) is 1. The molecule has 0 saturated heterocycles. The van der Waals surface area contributed by atoms with Crippen LogP contribution in [-0.2, 0) is 16.1 Å². The van der Waals surface area contributed by atoms with E-state index in [2.05, 4.69) is 4.98 Å². The van der Waals surface area contributed by atoms with Crippen molar-refractivity contribution < 1.29 is 14.3 Å². The standard InChI is InChI=1S/C20H20N2O3/c1-14-7-9-15(10-8-14)12-22(2)19(23)13-25-20(24)18-11-16-5-3-4-6-17(16)21-18/h3-11,21H,12-13H2,1-2H3. The molecule has 5 heteroatoms. The van der Waals surface area contributed by atoms with Crippen LogP contribution in [0.1, 0.15) is 21.6 Å². The molecule has 0 aliphatic rings. The van der Waals surface area contributed by atoms with Crippen molar-refractivity contribution in [2.24, 2.45) is 0 Å². The van der Waals surface area contributed by atoms with Gasteiger partial charge in [-0.3, -0.25) is 4.79 Å². The van der Waals surface area contributed by atoms with Gasteiger partial charge in [-0.15, -0.1) is 0 Å². The van der Waals surface area contributed by atoms with Gasteiger partial charge in [0.15, 0.2) is 6.61 Å². The minimum atomic E-state index is -0.534. The molecular weight excluding hydrogens is 316 g/mol. The number of nitrogens with zero attached hydrogens (tertiary/aromatic N) is 1. The Morgan fingerprint density at radius 1 is 1.08 bits per heavy atom. The second-order valence-corrected chi connectivity index (χ2v) is 6.08. The van der Waals surface area contributed by atoms with Crippen LogP contribution in [0.15, 0.2) is 54.6 Å². The van der Waals surface area contributed by atoms with E-state index in [1.54, 1.807) is 18.0 Å². The topological polar surface area (TPSA) is 62.4 Å². The number of para-hydroxylation sites is 1. The molecule has 0 bridgehead atoms. The maximum Gasteiger partial charge on any atom is 0.355 e. The van der Waals surface area contributed by atoms with Gasteiger partial charge in [-0.05, 0) is 24.6 Å². The minimum absolute atomic E-state index is 0.245. The van der Waals surface area contributed by atoms with E-state index in [1.807, 2.05) is 55.5 Å². The van der Waals surface area contributed by atoms with Crippen molar-refractivity contribution in [2.45, 2.75) is 13.5 Å². The Morgan fingerprint density at radius 3 is 2.52 bits per heavy atom. The Morgan fingerprint density at radius 2 is 1.80 bits per heavy atom. The number of likely N-dealkylation sites (N-methyl/N-ethyl adjacent to an activating group) is 1. The highest BCUT2D eigenvalue weighted by molar-refractivity contribution is 5.95. The molecule has 3 rings (SSSR count). The van der Waals surface area contributed by atoms with Crippen LogP contribution in [0, 0.1) is 6.92 Å². The summed E-state index contributed by atoms with van der Waals surface area (Å²) >= 11 is 0. The van der Waals surface area contributed by atoms with Crippen LogP contribution in [-0.4, -0.2) is 35.4 Å². The summed E-state index contributed by atoms with van der Waals surface area (Å²) in [6.45, 7) is 2.21. The second-order valence-electron chi connectivity index (χ2n) is 6.08. The molecule has 3 aromatic rings. The molecule has 0 saturated carbocycles. The Bertz CT molecular complexity index is 864. The lowest BCUT2D eigenvalue weighted by atomic mass is 10.1. The molecule has 128 valence electrons. The molecule has 0 aliphatic carbocycles. The summed E-state index contributed by atoms with van der Waals surface area (Å²) in [5, 5.41) is 0.928. The number of amides is 1. The number of benzene rings is 2. The van der Waals surface area contributed by atoms with E-state index in [9.17, 15) is 9.59 Å². The number of H-pyrrole nitrogens is 1.